The van der Waals surface area contributed by atoms with Gasteiger partial charge in [-0.2, -0.15) is 0 Å². The maximum atomic E-state index is 2.66. The highest BCUT2D eigenvalue weighted by Gasteiger charge is 2.79. The number of nitrogens with zero attached hydrogens (tertiary/aromatic N) is 4. The third-order valence-corrected chi connectivity index (χ3v) is 4.31. The molecule has 0 aromatic rings. The van der Waals surface area contributed by atoms with Crippen molar-refractivity contribution >= 4 is 0 Å². The van der Waals surface area contributed by atoms with Crippen LogP contribution < -0.4 is 0 Å². The molecule has 4 heteroatoms. The Bertz CT molecular complexity index is 252. The molecule has 4 aliphatic heterocycles. The van der Waals surface area contributed by atoms with Crippen molar-refractivity contribution in [1.29, 1.82) is 0 Å². The van der Waals surface area contributed by atoms with Gasteiger partial charge >= 0.3 is 0 Å². The highest BCUT2D eigenvalue weighted by atomic mass is 15.9. The summed E-state index contributed by atoms with van der Waals surface area (Å²) in [7, 11) is 4.82. The third-order valence-electron chi connectivity index (χ3n) is 4.31. The van der Waals surface area contributed by atoms with Crippen LogP contribution in [0.2, 0.25) is 0 Å². The standard InChI is InChI=1S/C8H16N4/c1-11-3-9-6-12(2)4-10(5-11)8(12)7(9)11/h7-8H,3-6H2,1-2H3/q+2. The van der Waals surface area contributed by atoms with Gasteiger partial charge in [0.25, 0.3) is 0 Å². The highest BCUT2D eigenvalue weighted by Crippen LogP contribution is 2.52. The molecule has 0 saturated carbocycles. The summed E-state index contributed by atoms with van der Waals surface area (Å²) in [6, 6.07) is 0. The van der Waals surface area contributed by atoms with Crippen LogP contribution in [-0.4, -0.2) is 71.9 Å². The van der Waals surface area contributed by atoms with Crippen LogP contribution in [-0.2, 0) is 0 Å². The number of rotatable bonds is 0. The summed E-state index contributed by atoms with van der Waals surface area (Å²) in [5.41, 5.74) is 0. The van der Waals surface area contributed by atoms with E-state index in [1.54, 1.807) is 0 Å². The lowest BCUT2D eigenvalue weighted by Gasteiger charge is -2.49. The Hall–Kier alpha value is -0.160. The van der Waals surface area contributed by atoms with Gasteiger partial charge in [-0.15, -0.1) is 9.80 Å². The predicted octanol–water partition coefficient (Wildman–Crippen LogP) is -0.980. The Morgan fingerprint density at radius 1 is 0.833 bits per heavy atom. The van der Waals surface area contributed by atoms with E-state index >= 15 is 0 Å². The van der Waals surface area contributed by atoms with Crippen molar-refractivity contribution < 1.29 is 8.97 Å². The third kappa shape index (κ3) is 0.400. The van der Waals surface area contributed by atoms with E-state index in [4.69, 9.17) is 0 Å². The monoisotopic (exact) mass is 168 g/mol. The Morgan fingerprint density at radius 2 is 1.17 bits per heavy atom. The summed E-state index contributed by atoms with van der Waals surface area (Å²) >= 11 is 0. The van der Waals surface area contributed by atoms with Gasteiger partial charge in [0.1, 0.15) is 26.7 Å². The molecule has 0 radical (unpaired) electrons. The van der Waals surface area contributed by atoms with Gasteiger partial charge in [0, 0.05) is 0 Å². The first-order valence-corrected chi connectivity index (χ1v) is 4.79. The van der Waals surface area contributed by atoms with Crippen LogP contribution in [0.1, 0.15) is 0 Å². The number of quaternary nitrogens is 2. The SMILES string of the molecule is C[N+]12CN3C[N+]4(C)CN(C1)C4C32. The minimum Gasteiger partial charge on any atom is -0.279 e. The first-order valence-electron chi connectivity index (χ1n) is 4.79. The minimum atomic E-state index is 0.851. The van der Waals surface area contributed by atoms with Gasteiger partial charge in [0.15, 0.2) is 0 Å². The highest BCUT2D eigenvalue weighted by molar-refractivity contribution is 4.92. The van der Waals surface area contributed by atoms with E-state index in [-0.39, 0.29) is 0 Å². The summed E-state index contributed by atoms with van der Waals surface area (Å²) in [5.74, 6) is 0. The van der Waals surface area contributed by atoms with E-state index in [0.29, 0.717) is 0 Å². The molecule has 0 spiro atoms. The summed E-state index contributed by atoms with van der Waals surface area (Å²) in [6.45, 7) is 5.20. The average Bonchev–Trinajstić information content (AvgIpc) is 2.23. The van der Waals surface area contributed by atoms with Crippen molar-refractivity contribution in [3.63, 3.8) is 0 Å². The van der Waals surface area contributed by atoms with Crippen molar-refractivity contribution in [3.8, 4) is 0 Å². The smallest absolute Gasteiger partial charge is 0.224 e. The van der Waals surface area contributed by atoms with Crippen molar-refractivity contribution in [3.05, 3.63) is 0 Å². The average molecular weight is 168 g/mol. The van der Waals surface area contributed by atoms with Gasteiger partial charge < -0.3 is 0 Å². The largest absolute Gasteiger partial charge is 0.279 e. The molecule has 4 nitrogen and oxygen atoms in total. The maximum Gasteiger partial charge on any atom is 0.224 e. The maximum absolute atomic E-state index is 2.66. The topological polar surface area (TPSA) is 6.48 Å². The lowest BCUT2D eigenvalue weighted by atomic mass is 10.2. The summed E-state index contributed by atoms with van der Waals surface area (Å²) in [6.07, 6.45) is 1.70. The molecule has 4 heterocycles. The van der Waals surface area contributed by atoms with Gasteiger partial charge in [-0.25, -0.2) is 0 Å². The van der Waals surface area contributed by atoms with Crippen LogP contribution in [0.5, 0.6) is 0 Å². The van der Waals surface area contributed by atoms with E-state index in [9.17, 15) is 0 Å². The second-order valence-electron chi connectivity index (χ2n) is 5.53. The molecule has 0 aromatic carbocycles. The second-order valence-corrected chi connectivity index (χ2v) is 5.53. The molecule has 4 aliphatic rings. The lowest BCUT2D eigenvalue weighted by Crippen LogP contribution is -2.71. The van der Waals surface area contributed by atoms with Crippen LogP contribution in [0, 0.1) is 0 Å². The zero-order chi connectivity index (χ0) is 8.14. The summed E-state index contributed by atoms with van der Waals surface area (Å²) < 4.78 is 2.61. The molecule has 0 N–H and O–H groups in total. The van der Waals surface area contributed by atoms with Crippen LogP contribution in [0.15, 0.2) is 0 Å². The summed E-state index contributed by atoms with van der Waals surface area (Å²) in [5, 5.41) is 0. The van der Waals surface area contributed by atoms with Gasteiger partial charge in [0.05, 0.1) is 14.1 Å². The molecule has 2 atom stereocenters. The molecule has 4 saturated heterocycles. The fourth-order valence-corrected chi connectivity index (χ4v) is 4.12. The van der Waals surface area contributed by atoms with Gasteiger partial charge in [-0.3, -0.25) is 8.97 Å². The predicted molar refractivity (Wildman–Crippen MR) is 43.1 cm³/mol. The van der Waals surface area contributed by atoms with Crippen molar-refractivity contribution in [2.45, 2.75) is 12.3 Å². The molecular formula is C8H16N4+2. The van der Waals surface area contributed by atoms with Crippen molar-refractivity contribution in [2.24, 2.45) is 0 Å². The molecule has 0 bridgehead atoms. The van der Waals surface area contributed by atoms with E-state index in [0.717, 1.165) is 12.3 Å². The zero-order valence-corrected chi connectivity index (χ0v) is 7.77. The number of hydrogen-bond acceptors (Lipinski definition) is 2. The Kier molecular flexibility index (Phi) is 0.713. The van der Waals surface area contributed by atoms with Gasteiger partial charge in [0.2, 0.25) is 12.3 Å². The molecule has 4 rings (SSSR count). The lowest BCUT2D eigenvalue weighted by molar-refractivity contribution is -1.01. The Morgan fingerprint density at radius 3 is 1.50 bits per heavy atom. The molecule has 0 aliphatic carbocycles. The normalized spacial score (nSPS) is 67.5. The van der Waals surface area contributed by atoms with E-state index in [2.05, 4.69) is 23.9 Å². The van der Waals surface area contributed by atoms with Crippen molar-refractivity contribution in [2.75, 3.05) is 40.8 Å². The number of likely N-dealkylation sites (N-methyl/N-ethyl adjacent to an activating group) is 2. The minimum absolute atomic E-state index is 0.851. The van der Waals surface area contributed by atoms with Crippen LogP contribution in [0.25, 0.3) is 0 Å². The molecule has 0 amide bonds. The van der Waals surface area contributed by atoms with E-state index < -0.39 is 0 Å². The molecular weight excluding hydrogens is 152 g/mol. The fourth-order valence-electron chi connectivity index (χ4n) is 4.12. The van der Waals surface area contributed by atoms with Crippen LogP contribution in [0.3, 0.4) is 0 Å². The van der Waals surface area contributed by atoms with E-state index in [1.165, 1.54) is 35.6 Å². The van der Waals surface area contributed by atoms with Gasteiger partial charge in [-0.05, 0) is 0 Å². The molecule has 2 unspecified atom stereocenters. The molecule has 66 valence electrons. The first kappa shape index (κ1) is 6.32. The van der Waals surface area contributed by atoms with E-state index in [1.807, 2.05) is 0 Å². The number of hydrogen-bond donors (Lipinski definition) is 0. The second kappa shape index (κ2) is 1.35. The Labute approximate surface area is 72.7 Å². The molecule has 0 aromatic heterocycles. The van der Waals surface area contributed by atoms with Crippen LogP contribution >= 0.6 is 0 Å². The summed E-state index contributed by atoms with van der Waals surface area (Å²) in [4.78, 5) is 5.33. The molecule has 12 heavy (non-hydrogen) atoms. The van der Waals surface area contributed by atoms with Crippen molar-refractivity contribution in [1.82, 2.24) is 9.80 Å². The molecule has 4 fully saturated rings. The van der Waals surface area contributed by atoms with Gasteiger partial charge in [-0.1, -0.05) is 0 Å². The quantitative estimate of drug-likeness (QED) is 0.429. The Balaban J connectivity index is 1.86. The zero-order valence-electron chi connectivity index (χ0n) is 7.77. The first-order chi connectivity index (χ1) is 5.62. The fraction of sp³-hybridized carbons (Fsp3) is 1.00. The van der Waals surface area contributed by atoms with Crippen LogP contribution in [0.4, 0.5) is 0 Å².